The van der Waals surface area contributed by atoms with Crippen molar-refractivity contribution in [2.45, 2.75) is 6.92 Å². The van der Waals surface area contributed by atoms with Crippen LogP contribution in [0.4, 0.5) is 15.9 Å². The van der Waals surface area contributed by atoms with Crippen molar-refractivity contribution in [2.75, 3.05) is 5.32 Å². The molecule has 2 rings (SSSR count). The number of nitrogens with two attached hydrogens (primary N) is 1. The molecular formula is C13H12FN3S. The summed E-state index contributed by atoms with van der Waals surface area (Å²) in [5.74, 6) is 0.299. The Morgan fingerprint density at radius 1 is 1.39 bits per heavy atom. The SMILES string of the molecule is Cc1cc(F)ccc1Nc1ncccc1C(N)=S. The molecule has 3 N–H and O–H groups in total. The molecule has 0 unspecified atom stereocenters. The summed E-state index contributed by atoms with van der Waals surface area (Å²) < 4.78 is 13.0. The van der Waals surface area contributed by atoms with Crippen LogP contribution in [0.3, 0.4) is 0 Å². The first-order chi connectivity index (χ1) is 8.58. The van der Waals surface area contributed by atoms with Gasteiger partial charge in [0.05, 0.1) is 5.56 Å². The Morgan fingerprint density at radius 3 is 2.83 bits per heavy atom. The maximum Gasteiger partial charge on any atom is 0.140 e. The predicted molar refractivity (Wildman–Crippen MR) is 74.5 cm³/mol. The summed E-state index contributed by atoms with van der Waals surface area (Å²) in [5, 5.41) is 3.10. The fraction of sp³-hybridized carbons (Fsp3) is 0.0769. The Morgan fingerprint density at radius 2 is 2.17 bits per heavy atom. The maximum atomic E-state index is 13.0. The van der Waals surface area contributed by atoms with Crippen molar-refractivity contribution in [1.82, 2.24) is 4.98 Å². The van der Waals surface area contributed by atoms with Crippen molar-refractivity contribution in [3.05, 3.63) is 53.5 Å². The molecule has 3 nitrogen and oxygen atoms in total. The van der Waals surface area contributed by atoms with Crippen LogP contribution in [-0.4, -0.2) is 9.97 Å². The molecule has 0 bridgehead atoms. The van der Waals surface area contributed by atoms with Crippen LogP contribution < -0.4 is 11.1 Å². The van der Waals surface area contributed by atoms with E-state index in [9.17, 15) is 4.39 Å². The van der Waals surface area contributed by atoms with Crippen LogP contribution in [0.5, 0.6) is 0 Å². The minimum Gasteiger partial charge on any atom is -0.389 e. The lowest BCUT2D eigenvalue weighted by atomic mass is 10.2. The summed E-state index contributed by atoms with van der Waals surface area (Å²) in [7, 11) is 0. The van der Waals surface area contributed by atoms with Gasteiger partial charge in [0.15, 0.2) is 0 Å². The second kappa shape index (κ2) is 5.10. The average Bonchev–Trinajstić information content (AvgIpc) is 2.33. The van der Waals surface area contributed by atoms with E-state index >= 15 is 0 Å². The highest BCUT2D eigenvalue weighted by atomic mass is 32.1. The highest BCUT2D eigenvalue weighted by molar-refractivity contribution is 7.80. The van der Waals surface area contributed by atoms with Crippen molar-refractivity contribution in [2.24, 2.45) is 5.73 Å². The number of nitrogens with one attached hydrogen (secondary N) is 1. The van der Waals surface area contributed by atoms with E-state index in [0.717, 1.165) is 11.3 Å². The van der Waals surface area contributed by atoms with Gasteiger partial charge in [-0.2, -0.15) is 0 Å². The van der Waals surface area contributed by atoms with Gasteiger partial charge in [-0.1, -0.05) is 12.2 Å². The molecule has 0 aliphatic heterocycles. The highest BCUT2D eigenvalue weighted by Crippen LogP contribution is 2.22. The monoisotopic (exact) mass is 261 g/mol. The molecule has 0 saturated carbocycles. The van der Waals surface area contributed by atoms with E-state index in [0.29, 0.717) is 11.4 Å². The molecule has 0 atom stereocenters. The van der Waals surface area contributed by atoms with Gasteiger partial charge in [0, 0.05) is 11.9 Å². The molecule has 5 heteroatoms. The summed E-state index contributed by atoms with van der Waals surface area (Å²) in [6.07, 6.45) is 1.64. The van der Waals surface area contributed by atoms with Gasteiger partial charge in [0.25, 0.3) is 0 Å². The smallest absolute Gasteiger partial charge is 0.140 e. The minimum absolute atomic E-state index is 0.269. The van der Waals surface area contributed by atoms with Crippen molar-refractivity contribution in [1.29, 1.82) is 0 Å². The van der Waals surface area contributed by atoms with Crippen LogP contribution in [0, 0.1) is 12.7 Å². The Hall–Kier alpha value is -2.01. The Kier molecular flexibility index (Phi) is 3.53. The number of hydrogen-bond donors (Lipinski definition) is 2. The van der Waals surface area contributed by atoms with E-state index in [1.165, 1.54) is 12.1 Å². The number of thiocarbonyl (C=S) groups is 1. The zero-order chi connectivity index (χ0) is 13.1. The van der Waals surface area contributed by atoms with Gasteiger partial charge in [-0.15, -0.1) is 0 Å². The van der Waals surface area contributed by atoms with E-state index in [4.69, 9.17) is 18.0 Å². The summed E-state index contributed by atoms with van der Waals surface area (Å²) in [6, 6.07) is 8.04. The molecule has 2 aromatic rings. The molecule has 0 spiro atoms. The number of aromatic nitrogens is 1. The number of nitrogens with zero attached hydrogens (tertiary/aromatic N) is 1. The van der Waals surface area contributed by atoms with Gasteiger partial charge in [0.1, 0.15) is 16.6 Å². The minimum atomic E-state index is -0.270. The lowest BCUT2D eigenvalue weighted by Gasteiger charge is -2.11. The number of pyridine rings is 1. The molecule has 0 aliphatic carbocycles. The van der Waals surface area contributed by atoms with Crippen LogP contribution in [0.1, 0.15) is 11.1 Å². The molecule has 0 aliphatic rings. The Bertz CT molecular complexity index is 599. The highest BCUT2D eigenvalue weighted by Gasteiger charge is 2.07. The molecule has 1 aromatic heterocycles. The number of aryl methyl sites for hydroxylation is 1. The van der Waals surface area contributed by atoms with E-state index in [-0.39, 0.29) is 10.8 Å². The quantitative estimate of drug-likeness (QED) is 0.834. The Labute approximate surface area is 110 Å². The lowest BCUT2D eigenvalue weighted by Crippen LogP contribution is -2.13. The van der Waals surface area contributed by atoms with Crippen molar-refractivity contribution < 1.29 is 4.39 Å². The third-order valence-electron chi connectivity index (χ3n) is 2.51. The van der Waals surface area contributed by atoms with Gasteiger partial charge in [-0.3, -0.25) is 0 Å². The summed E-state index contributed by atoms with van der Waals surface area (Å²) >= 11 is 4.96. The first-order valence-electron chi connectivity index (χ1n) is 5.36. The van der Waals surface area contributed by atoms with Crippen LogP contribution >= 0.6 is 12.2 Å². The zero-order valence-corrected chi connectivity index (χ0v) is 10.6. The first kappa shape index (κ1) is 12.4. The normalized spacial score (nSPS) is 10.1. The van der Waals surface area contributed by atoms with Gasteiger partial charge < -0.3 is 11.1 Å². The molecule has 0 amide bonds. The van der Waals surface area contributed by atoms with Crippen LogP contribution in [-0.2, 0) is 0 Å². The third-order valence-corrected chi connectivity index (χ3v) is 2.73. The van der Waals surface area contributed by atoms with E-state index in [1.807, 2.05) is 6.92 Å². The second-order valence-electron chi connectivity index (χ2n) is 3.85. The number of rotatable bonds is 3. The number of halogens is 1. The number of hydrogen-bond acceptors (Lipinski definition) is 3. The van der Waals surface area contributed by atoms with Gasteiger partial charge >= 0.3 is 0 Å². The van der Waals surface area contributed by atoms with Crippen LogP contribution in [0.15, 0.2) is 36.5 Å². The summed E-state index contributed by atoms with van der Waals surface area (Å²) in [4.78, 5) is 4.46. The first-order valence-corrected chi connectivity index (χ1v) is 5.77. The largest absolute Gasteiger partial charge is 0.389 e. The third kappa shape index (κ3) is 2.62. The predicted octanol–water partition coefficient (Wildman–Crippen LogP) is 2.91. The maximum absolute atomic E-state index is 13.0. The van der Waals surface area contributed by atoms with E-state index in [1.54, 1.807) is 24.4 Å². The summed E-state index contributed by atoms with van der Waals surface area (Å²) in [6.45, 7) is 1.81. The number of anilines is 2. The standard InChI is InChI=1S/C13H12FN3S/c1-8-7-9(14)4-5-11(8)17-13-10(12(15)18)3-2-6-16-13/h2-7H,1H3,(H2,15,18)(H,16,17). The molecular weight excluding hydrogens is 249 g/mol. The van der Waals surface area contributed by atoms with Crippen LogP contribution in [0.25, 0.3) is 0 Å². The average molecular weight is 261 g/mol. The van der Waals surface area contributed by atoms with Gasteiger partial charge in [-0.25, -0.2) is 9.37 Å². The molecule has 0 fully saturated rings. The van der Waals surface area contributed by atoms with Crippen LogP contribution in [0.2, 0.25) is 0 Å². The fourth-order valence-electron chi connectivity index (χ4n) is 1.60. The summed E-state index contributed by atoms with van der Waals surface area (Å²) in [5.41, 5.74) is 7.84. The van der Waals surface area contributed by atoms with Gasteiger partial charge in [-0.05, 0) is 42.8 Å². The molecule has 18 heavy (non-hydrogen) atoms. The van der Waals surface area contributed by atoms with Crippen molar-refractivity contribution >= 4 is 28.7 Å². The molecule has 92 valence electrons. The Balaban J connectivity index is 2.37. The van der Waals surface area contributed by atoms with Gasteiger partial charge in [0.2, 0.25) is 0 Å². The fourth-order valence-corrected chi connectivity index (χ4v) is 1.76. The topological polar surface area (TPSA) is 50.9 Å². The number of benzene rings is 1. The molecule has 1 heterocycles. The second-order valence-corrected chi connectivity index (χ2v) is 4.29. The van der Waals surface area contributed by atoms with E-state index in [2.05, 4.69) is 10.3 Å². The van der Waals surface area contributed by atoms with Crippen molar-refractivity contribution in [3.8, 4) is 0 Å². The van der Waals surface area contributed by atoms with E-state index < -0.39 is 0 Å². The van der Waals surface area contributed by atoms with Crippen molar-refractivity contribution in [3.63, 3.8) is 0 Å². The zero-order valence-electron chi connectivity index (χ0n) is 9.77. The molecule has 0 radical (unpaired) electrons. The lowest BCUT2D eigenvalue weighted by molar-refractivity contribution is 0.627. The molecule has 1 aromatic carbocycles. The molecule has 0 saturated heterocycles.